The third-order valence-electron chi connectivity index (χ3n) is 3.03. The van der Waals surface area contributed by atoms with E-state index in [0.29, 0.717) is 13.3 Å². The summed E-state index contributed by atoms with van der Waals surface area (Å²) in [4.78, 5) is 11.8. The predicted molar refractivity (Wildman–Crippen MR) is 51.1 cm³/mol. The second kappa shape index (κ2) is 2.73. The molecule has 1 aliphatic carbocycles. The van der Waals surface area contributed by atoms with E-state index in [2.05, 4.69) is 5.32 Å². The minimum absolute atomic E-state index is 0.0742. The van der Waals surface area contributed by atoms with Crippen molar-refractivity contribution in [2.75, 3.05) is 13.3 Å². The van der Waals surface area contributed by atoms with Crippen molar-refractivity contribution in [3.8, 4) is 0 Å². The first-order valence-electron chi connectivity index (χ1n) is 4.28. The third-order valence-corrected chi connectivity index (χ3v) is 3.37. The van der Waals surface area contributed by atoms with Gasteiger partial charge >= 0.3 is 0 Å². The van der Waals surface area contributed by atoms with E-state index in [-0.39, 0.29) is 22.8 Å². The highest BCUT2D eigenvalue weighted by atomic mass is 32.1. The molecule has 0 aromatic rings. The summed E-state index contributed by atoms with van der Waals surface area (Å²) in [6.07, 6.45) is -0.160. The molecule has 0 amide bonds. The number of nitrogens with one attached hydrogen (secondary N) is 1. The van der Waals surface area contributed by atoms with Gasteiger partial charge < -0.3 is 10.5 Å². The van der Waals surface area contributed by atoms with Gasteiger partial charge in [-0.25, -0.2) is 0 Å². The van der Waals surface area contributed by atoms with Crippen LogP contribution in [0.4, 0.5) is 0 Å². The van der Waals surface area contributed by atoms with E-state index < -0.39 is 5.41 Å². The molecular formula is C8H12N2O2S. The molecule has 0 aromatic carbocycles. The van der Waals surface area contributed by atoms with E-state index in [0.717, 1.165) is 0 Å². The maximum atomic E-state index is 11.5. The molecule has 2 aliphatic rings. The molecule has 2 fully saturated rings. The molecule has 2 rings (SSSR count). The van der Waals surface area contributed by atoms with Gasteiger partial charge in [-0.3, -0.25) is 10.1 Å². The zero-order valence-electron chi connectivity index (χ0n) is 7.37. The van der Waals surface area contributed by atoms with Gasteiger partial charge in [0.1, 0.15) is 5.41 Å². The summed E-state index contributed by atoms with van der Waals surface area (Å²) >= 11 is 4.93. The Morgan fingerprint density at radius 3 is 2.77 bits per heavy atom. The van der Waals surface area contributed by atoms with Gasteiger partial charge in [0, 0.05) is 12.5 Å². The number of carbonyl (C=O) groups excluding carboxylic acids is 1. The Bertz CT molecular complexity index is 265. The van der Waals surface area contributed by atoms with Crippen molar-refractivity contribution in [2.45, 2.75) is 13.0 Å². The lowest BCUT2D eigenvalue weighted by Crippen LogP contribution is -2.39. The van der Waals surface area contributed by atoms with Crippen LogP contribution >= 0.6 is 12.2 Å². The predicted octanol–water partition coefficient (Wildman–Crippen LogP) is -0.576. The van der Waals surface area contributed by atoms with E-state index in [1.54, 1.807) is 0 Å². The summed E-state index contributed by atoms with van der Waals surface area (Å²) in [5.74, 6) is 0.0450. The highest BCUT2D eigenvalue weighted by Gasteiger charge is 2.69. The maximum absolute atomic E-state index is 11.5. The summed E-state index contributed by atoms with van der Waals surface area (Å²) in [5, 5.41) is 3.02. The van der Waals surface area contributed by atoms with Crippen molar-refractivity contribution in [3.05, 3.63) is 0 Å². The molecule has 3 N–H and O–H groups in total. The maximum Gasteiger partial charge on any atom is 0.153 e. The second-order valence-corrected chi connectivity index (χ2v) is 4.01. The number of hydrogen-bond acceptors (Lipinski definition) is 4. The third kappa shape index (κ3) is 0.978. The number of ether oxygens (including phenoxy) is 1. The molecule has 0 bridgehead atoms. The number of hydrogen-bond donors (Lipinski definition) is 2. The molecule has 0 spiro atoms. The van der Waals surface area contributed by atoms with Gasteiger partial charge in [-0.05, 0) is 0 Å². The summed E-state index contributed by atoms with van der Waals surface area (Å²) in [6, 6.07) is 0. The van der Waals surface area contributed by atoms with Crippen LogP contribution in [0.25, 0.3) is 0 Å². The van der Waals surface area contributed by atoms with E-state index in [1.807, 2.05) is 6.92 Å². The lowest BCUT2D eigenvalue weighted by Gasteiger charge is -2.18. The Kier molecular flexibility index (Phi) is 1.90. The van der Waals surface area contributed by atoms with Crippen LogP contribution in [0.15, 0.2) is 0 Å². The van der Waals surface area contributed by atoms with Crippen molar-refractivity contribution in [2.24, 2.45) is 17.1 Å². The van der Waals surface area contributed by atoms with Crippen molar-refractivity contribution in [3.63, 3.8) is 0 Å². The van der Waals surface area contributed by atoms with Gasteiger partial charge in [0.05, 0.1) is 17.8 Å². The summed E-state index contributed by atoms with van der Waals surface area (Å²) < 4.78 is 5.38. The number of rotatable bonds is 2. The highest BCUT2D eigenvalue weighted by molar-refractivity contribution is 7.80. The van der Waals surface area contributed by atoms with E-state index in [4.69, 9.17) is 22.7 Å². The first-order chi connectivity index (χ1) is 6.11. The van der Waals surface area contributed by atoms with Crippen LogP contribution in [-0.4, -0.2) is 30.2 Å². The van der Waals surface area contributed by atoms with Crippen molar-refractivity contribution in [1.82, 2.24) is 5.32 Å². The molecule has 3 unspecified atom stereocenters. The summed E-state index contributed by atoms with van der Waals surface area (Å²) in [6.45, 7) is 2.99. The minimum Gasteiger partial charge on any atom is -0.392 e. The fourth-order valence-corrected chi connectivity index (χ4v) is 2.51. The van der Waals surface area contributed by atoms with Gasteiger partial charge in [-0.1, -0.05) is 19.1 Å². The van der Waals surface area contributed by atoms with Crippen molar-refractivity contribution < 1.29 is 9.53 Å². The molecule has 0 aromatic heterocycles. The lowest BCUT2D eigenvalue weighted by molar-refractivity contribution is -0.113. The van der Waals surface area contributed by atoms with Crippen molar-refractivity contribution in [1.29, 1.82) is 0 Å². The van der Waals surface area contributed by atoms with Gasteiger partial charge in [-0.15, -0.1) is 0 Å². The molecule has 3 atom stereocenters. The Hall–Kier alpha value is -0.520. The van der Waals surface area contributed by atoms with Crippen LogP contribution < -0.4 is 11.1 Å². The van der Waals surface area contributed by atoms with Crippen LogP contribution in [0.1, 0.15) is 6.92 Å². The SMILES string of the molecule is CC1C(=O)C1(C(N)=S)C1CNCO1. The summed E-state index contributed by atoms with van der Waals surface area (Å²) in [7, 11) is 0. The molecular weight excluding hydrogens is 188 g/mol. The average Bonchev–Trinajstić information content (AvgIpc) is 2.58. The largest absolute Gasteiger partial charge is 0.392 e. The first-order valence-corrected chi connectivity index (χ1v) is 4.69. The quantitative estimate of drug-likeness (QED) is 0.584. The smallest absolute Gasteiger partial charge is 0.153 e. The molecule has 1 saturated heterocycles. The molecule has 1 saturated carbocycles. The lowest BCUT2D eigenvalue weighted by atomic mass is 9.96. The Morgan fingerprint density at radius 2 is 2.46 bits per heavy atom. The molecule has 13 heavy (non-hydrogen) atoms. The Morgan fingerprint density at radius 1 is 1.85 bits per heavy atom. The Labute approximate surface area is 81.8 Å². The topological polar surface area (TPSA) is 64.4 Å². The van der Waals surface area contributed by atoms with Gasteiger partial charge in [0.2, 0.25) is 0 Å². The molecule has 5 heteroatoms. The minimum atomic E-state index is -0.668. The normalized spacial score (nSPS) is 43.6. The van der Waals surface area contributed by atoms with Crippen molar-refractivity contribution >= 4 is 23.0 Å². The zero-order valence-corrected chi connectivity index (χ0v) is 8.19. The van der Waals surface area contributed by atoms with Crippen LogP contribution in [0.5, 0.6) is 0 Å². The molecule has 4 nitrogen and oxygen atoms in total. The van der Waals surface area contributed by atoms with E-state index in [9.17, 15) is 4.79 Å². The van der Waals surface area contributed by atoms with Gasteiger partial charge in [0.25, 0.3) is 0 Å². The number of thiocarbonyl (C=S) groups is 1. The number of carbonyl (C=O) groups is 1. The van der Waals surface area contributed by atoms with Gasteiger partial charge in [-0.2, -0.15) is 0 Å². The number of ketones is 1. The standard InChI is InChI=1S/C8H12N2O2S/c1-4-6(11)8(4,7(9)13)5-2-10-3-12-5/h4-5,10H,2-3H2,1H3,(H2,9,13). The van der Waals surface area contributed by atoms with Crippen LogP contribution in [-0.2, 0) is 9.53 Å². The average molecular weight is 200 g/mol. The highest BCUT2D eigenvalue weighted by Crippen LogP contribution is 2.52. The van der Waals surface area contributed by atoms with Crippen LogP contribution in [0, 0.1) is 11.3 Å². The Balaban J connectivity index is 2.25. The molecule has 1 aliphatic heterocycles. The van der Waals surface area contributed by atoms with Gasteiger partial charge in [0.15, 0.2) is 5.78 Å². The monoisotopic (exact) mass is 200 g/mol. The first kappa shape index (κ1) is 9.05. The fraction of sp³-hybridized carbons (Fsp3) is 0.750. The van der Waals surface area contributed by atoms with E-state index in [1.165, 1.54) is 0 Å². The number of nitrogens with two attached hydrogens (primary N) is 1. The molecule has 72 valence electrons. The summed E-state index contributed by atoms with van der Waals surface area (Å²) in [5.41, 5.74) is 4.93. The molecule has 0 radical (unpaired) electrons. The van der Waals surface area contributed by atoms with Crippen LogP contribution in [0.3, 0.4) is 0 Å². The number of Topliss-reactive ketones (excluding diaryl/α,β-unsaturated/α-hetero) is 1. The zero-order chi connectivity index (χ0) is 9.64. The fourth-order valence-electron chi connectivity index (χ4n) is 2.10. The van der Waals surface area contributed by atoms with Crippen LogP contribution in [0.2, 0.25) is 0 Å². The molecule has 1 heterocycles. The van der Waals surface area contributed by atoms with E-state index >= 15 is 0 Å². The second-order valence-electron chi connectivity index (χ2n) is 3.57.